The van der Waals surface area contributed by atoms with Gasteiger partial charge in [0.15, 0.2) is 0 Å². The summed E-state index contributed by atoms with van der Waals surface area (Å²) in [4.78, 5) is 24.0. The first-order valence-electron chi connectivity index (χ1n) is 7.51. The molecular weight excluding hydrogens is 361 g/mol. The monoisotopic (exact) mass is 374 g/mol. The maximum Gasteiger partial charge on any atom is 0.283 e. The average Bonchev–Trinajstić information content (AvgIpc) is 2.98. The van der Waals surface area contributed by atoms with Crippen molar-refractivity contribution in [2.24, 2.45) is 16.8 Å². The number of alkyl halides is 2. The second-order valence-electron chi connectivity index (χ2n) is 5.88. The molecule has 3 atom stereocenters. The van der Waals surface area contributed by atoms with E-state index in [4.69, 9.17) is 5.73 Å². The molecule has 1 aliphatic carbocycles. The third kappa shape index (κ3) is 3.02. The fourth-order valence-corrected chi connectivity index (χ4v) is 3.26. The van der Waals surface area contributed by atoms with Crippen LogP contribution in [0.15, 0.2) is 59.0 Å². The Balaban J connectivity index is 2.02. The van der Waals surface area contributed by atoms with Crippen LogP contribution < -0.4 is 10.6 Å². The summed E-state index contributed by atoms with van der Waals surface area (Å²) in [6, 6.07) is 5.92. The van der Waals surface area contributed by atoms with Crippen LogP contribution in [0.1, 0.15) is 10.4 Å². The van der Waals surface area contributed by atoms with Crippen molar-refractivity contribution >= 4 is 26.5 Å². The fraction of sp³-hybridized carbons (Fsp3) is 0.176. The number of nitriles is 1. The molecule has 0 spiro atoms. The largest absolute Gasteiger partial charge is 0.366 e. The SMILES string of the molecule is N#CC1=CN(c2ccc(C(N)=O)c(N=O)c2)C2C=CC(C(F)(F)P)=CC12. The highest BCUT2D eigenvalue weighted by Gasteiger charge is 2.39. The third-order valence-corrected chi connectivity index (χ3v) is 4.65. The zero-order valence-corrected chi connectivity index (χ0v) is 14.4. The minimum Gasteiger partial charge on any atom is -0.366 e. The number of halogens is 2. The van der Waals surface area contributed by atoms with E-state index in [2.05, 4.69) is 5.18 Å². The molecule has 0 bridgehead atoms. The van der Waals surface area contributed by atoms with Crippen molar-refractivity contribution in [1.82, 2.24) is 0 Å². The number of fused-ring (bicyclic) bond motifs is 1. The molecule has 1 heterocycles. The van der Waals surface area contributed by atoms with Gasteiger partial charge in [0.25, 0.3) is 11.6 Å². The number of hydrogen-bond acceptors (Lipinski definition) is 5. The van der Waals surface area contributed by atoms with E-state index in [1.54, 1.807) is 17.0 Å². The van der Waals surface area contributed by atoms with E-state index in [-0.39, 0.29) is 16.8 Å². The van der Waals surface area contributed by atoms with Crippen molar-refractivity contribution in [3.63, 3.8) is 0 Å². The number of nitrogens with two attached hydrogens (primary N) is 1. The van der Waals surface area contributed by atoms with Crippen LogP contribution in [0.5, 0.6) is 0 Å². The molecular formula is C17H13F2N4O2P. The molecule has 0 fully saturated rings. The summed E-state index contributed by atoms with van der Waals surface area (Å²) in [6.45, 7) is 0. The molecule has 0 aromatic heterocycles. The first-order valence-corrected chi connectivity index (χ1v) is 8.08. The van der Waals surface area contributed by atoms with Gasteiger partial charge in [0, 0.05) is 23.4 Å². The maximum atomic E-state index is 13.6. The number of benzene rings is 1. The summed E-state index contributed by atoms with van der Waals surface area (Å²) >= 11 is 0. The normalized spacial score (nSPS) is 21.5. The number of anilines is 1. The molecule has 3 rings (SSSR count). The number of allylic oxidation sites excluding steroid dienone is 2. The minimum absolute atomic E-state index is 0.0204. The first-order chi connectivity index (χ1) is 12.3. The van der Waals surface area contributed by atoms with Gasteiger partial charge in [-0.15, -0.1) is 4.91 Å². The number of nitroso groups, excluding NO2 is 1. The van der Waals surface area contributed by atoms with Crippen molar-refractivity contribution in [2.75, 3.05) is 4.90 Å². The second kappa shape index (κ2) is 6.43. The summed E-state index contributed by atoms with van der Waals surface area (Å²) in [7, 11) is 1.48. The molecule has 2 aliphatic rings. The summed E-state index contributed by atoms with van der Waals surface area (Å²) in [5, 5.41) is 12.2. The highest BCUT2D eigenvalue weighted by molar-refractivity contribution is 7.18. The van der Waals surface area contributed by atoms with Crippen LogP contribution >= 0.6 is 9.24 Å². The smallest absolute Gasteiger partial charge is 0.283 e. The number of amides is 1. The molecule has 9 heteroatoms. The summed E-state index contributed by atoms with van der Waals surface area (Å²) in [5.41, 5.74) is 2.58. The molecule has 0 radical (unpaired) electrons. The molecule has 0 saturated carbocycles. The Labute approximate surface area is 149 Å². The van der Waals surface area contributed by atoms with Gasteiger partial charge in [0.2, 0.25) is 0 Å². The van der Waals surface area contributed by atoms with Crippen molar-refractivity contribution in [1.29, 1.82) is 5.26 Å². The van der Waals surface area contributed by atoms with Crippen LogP contribution in [0, 0.1) is 22.2 Å². The lowest BCUT2D eigenvalue weighted by Gasteiger charge is -2.30. The van der Waals surface area contributed by atoms with Gasteiger partial charge in [-0.05, 0) is 23.4 Å². The molecule has 1 aromatic carbocycles. The number of rotatable bonds is 4. The topological polar surface area (TPSA) is 99.6 Å². The molecule has 3 unspecified atom stereocenters. The predicted octanol–water partition coefficient (Wildman–Crippen LogP) is 3.36. The molecule has 1 amide bonds. The van der Waals surface area contributed by atoms with E-state index in [1.165, 1.54) is 39.7 Å². The van der Waals surface area contributed by atoms with Crippen LogP contribution in [-0.2, 0) is 0 Å². The van der Waals surface area contributed by atoms with Gasteiger partial charge in [0.05, 0.1) is 23.2 Å². The minimum atomic E-state index is -3.09. The van der Waals surface area contributed by atoms with Crippen molar-refractivity contribution < 1.29 is 13.6 Å². The van der Waals surface area contributed by atoms with Gasteiger partial charge in [-0.25, -0.2) is 0 Å². The van der Waals surface area contributed by atoms with Gasteiger partial charge < -0.3 is 10.6 Å². The Morgan fingerprint density at radius 3 is 2.73 bits per heavy atom. The van der Waals surface area contributed by atoms with E-state index in [9.17, 15) is 23.7 Å². The van der Waals surface area contributed by atoms with Crippen LogP contribution in [-0.4, -0.2) is 17.6 Å². The first kappa shape index (κ1) is 17.9. The lowest BCUT2D eigenvalue weighted by Crippen LogP contribution is -2.32. The fourth-order valence-electron chi connectivity index (χ4n) is 3.07. The number of primary amides is 1. The number of carbonyl (C=O) groups excluding carboxylic acids is 1. The maximum absolute atomic E-state index is 13.6. The molecule has 1 aromatic rings. The van der Waals surface area contributed by atoms with Crippen LogP contribution in [0.4, 0.5) is 20.2 Å². The van der Waals surface area contributed by atoms with Gasteiger partial charge in [-0.1, -0.05) is 27.5 Å². The third-order valence-electron chi connectivity index (χ3n) is 4.32. The lowest BCUT2D eigenvalue weighted by molar-refractivity contribution is 0.100. The van der Waals surface area contributed by atoms with E-state index < -0.39 is 23.5 Å². The van der Waals surface area contributed by atoms with E-state index in [0.717, 1.165) is 0 Å². The summed E-state index contributed by atoms with van der Waals surface area (Å²) < 4.78 is 27.1. The van der Waals surface area contributed by atoms with Gasteiger partial charge in [-0.3, -0.25) is 4.79 Å². The van der Waals surface area contributed by atoms with Crippen molar-refractivity contribution in [2.45, 2.75) is 11.7 Å². The standard InChI is InChI=1S/C17H13F2N4O2P/c18-17(19,26)10-1-4-15-13(5-10)9(7-20)8-23(15)11-2-3-12(16(21)24)14(6-11)22-25/h1-6,8,13,15H,26H2,(H2,21,24). The van der Waals surface area contributed by atoms with E-state index in [1.807, 2.05) is 6.07 Å². The summed E-state index contributed by atoms with van der Waals surface area (Å²) in [5.74, 6) is -1.33. The number of nitrogens with zero attached hydrogens (tertiary/aromatic N) is 3. The molecule has 132 valence electrons. The molecule has 2 N–H and O–H groups in total. The van der Waals surface area contributed by atoms with Crippen LogP contribution in [0.2, 0.25) is 0 Å². The van der Waals surface area contributed by atoms with Gasteiger partial charge in [0.1, 0.15) is 5.69 Å². The molecule has 1 aliphatic heterocycles. The number of hydrogen-bond donors (Lipinski definition) is 1. The quantitative estimate of drug-likeness (QED) is 0.645. The van der Waals surface area contributed by atoms with Crippen molar-refractivity contribution in [3.8, 4) is 6.07 Å². The lowest BCUT2D eigenvalue weighted by atomic mass is 9.88. The Kier molecular flexibility index (Phi) is 4.43. The number of carbonyl (C=O) groups is 1. The Morgan fingerprint density at radius 1 is 1.42 bits per heavy atom. The molecule has 26 heavy (non-hydrogen) atoms. The van der Waals surface area contributed by atoms with E-state index in [0.29, 0.717) is 11.3 Å². The molecule has 0 saturated heterocycles. The van der Waals surface area contributed by atoms with Gasteiger partial charge in [-0.2, -0.15) is 14.0 Å². The Bertz CT molecular complexity index is 928. The van der Waals surface area contributed by atoms with Crippen LogP contribution in [0.25, 0.3) is 0 Å². The van der Waals surface area contributed by atoms with Gasteiger partial charge >= 0.3 is 0 Å². The zero-order chi connectivity index (χ0) is 19.1. The Hall–Kier alpha value is -2.91. The predicted molar refractivity (Wildman–Crippen MR) is 95.7 cm³/mol. The highest BCUT2D eigenvalue weighted by Crippen LogP contribution is 2.42. The van der Waals surface area contributed by atoms with E-state index >= 15 is 0 Å². The Morgan fingerprint density at radius 2 is 2.15 bits per heavy atom. The summed E-state index contributed by atoms with van der Waals surface area (Å²) in [6.07, 6.45) is 5.79. The zero-order valence-electron chi connectivity index (χ0n) is 13.3. The second-order valence-corrected chi connectivity index (χ2v) is 6.61. The highest BCUT2D eigenvalue weighted by atomic mass is 31.0. The van der Waals surface area contributed by atoms with Crippen LogP contribution in [0.3, 0.4) is 0 Å². The van der Waals surface area contributed by atoms with Crippen molar-refractivity contribution in [3.05, 3.63) is 64.2 Å². The molecule has 6 nitrogen and oxygen atoms in total. The average molecular weight is 374 g/mol.